The summed E-state index contributed by atoms with van der Waals surface area (Å²) in [6, 6.07) is 0. The summed E-state index contributed by atoms with van der Waals surface area (Å²) < 4.78 is 18.4. The molecule has 0 aliphatic carbocycles. The van der Waals surface area contributed by atoms with Crippen molar-refractivity contribution in [3.05, 3.63) is 0 Å². The predicted octanol–water partition coefficient (Wildman–Crippen LogP) is 3.88. The van der Waals surface area contributed by atoms with Gasteiger partial charge in [0.25, 0.3) is 0 Å². The molecule has 0 aliphatic heterocycles. The van der Waals surface area contributed by atoms with Gasteiger partial charge in [-0.3, -0.25) is 0 Å². The predicted molar refractivity (Wildman–Crippen MR) is 90.4 cm³/mol. The van der Waals surface area contributed by atoms with Crippen LogP contribution in [0, 0.1) is 5.41 Å². The molecule has 6 heteroatoms. The SMILES string of the molecule is CC(C)O[Si](OC(C)C)(OC(C)C)C(CC(C)(C)C)N=C=O. The second kappa shape index (κ2) is 8.94. The van der Waals surface area contributed by atoms with Crippen molar-refractivity contribution in [2.75, 3.05) is 0 Å². The second-order valence-electron chi connectivity index (χ2n) is 7.60. The Labute approximate surface area is 136 Å². The van der Waals surface area contributed by atoms with E-state index in [0.717, 1.165) is 0 Å². The highest BCUT2D eigenvalue weighted by Gasteiger charge is 2.53. The van der Waals surface area contributed by atoms with E-state index in [-0.39, 0.29) is 23.7 Å². The fourth-order valence-electron chi connectivity index (χ4n) is 2.20. The van der Waals surface area contributed by atoms with Crippen LogP contribution in [-0.4, -0.2) is 38.9 Å². The minimum Gasteiger partial charge on any atom is -0.370 e. The van der Waals surface area contributed by atoms with Gasteiger partial charge < -0.3 is 13.3 Å². The van der Waals surface area contributed by atoms with Crippen molar-refractivity contribution in [3.8, 4) is 0 Å². The summed E-state index contributed by atoms with van der Waals surface area (Å²) in [5, 5.41) is 0. The highest BCUT2D eigenvalue weighted by Crippen LogP contribution is 2.31. The Balaban J connectivity index is 5.82. The monoisotopic (exact) mass is 331 g/mol. The van der Waals surface area contributed by atoms with E-state index in [1.807, 2.05) is 41.5 Å². The normalized spacial score (nSPS) is 14.5. The zero-order valence-electron chi connectivity index (χ0n) is 15.6. The summed E-state index contributed by atoms with van der Waals surface area (Å²) in [5.41, 5.74) is -0.484. The van der Waals surface area contributed by atoms with Gasteiger partial charge in [-0.15, -0.1) is 0 Å². The molecule has 1 unspecified atom stereocenters. The average Bonchev–Trinajstić information content (AvgIpc) is 2.23. The zero-order valence-corrected chi connectivity index (χ0v) is 16.6. The second-order valence-corrected chi connectivity index (χ2v) is 10.2. The lowest BCUT2D eigenvalue weighted by Gasteiger charge is -2.39. The molecular formula is C16H33NO4Si. The number of rotatable bonds is 9. The Hall–Kier alpha value is -0.523. The lowest BCUT2D eigenvalue weighted by atomic mass is 9.92. The molecule has 0 amide bonds. The molecule has 5 nitrogen and oxygen atoms in total. The quantitative estimate of drug-likeness (QED) is 0.365. The van der Waals surface area contributed by atoms with E-state index in [2.05, 4.69) is 25.8 Å². The molecule has 0 saturated carbocycles. The summed E-state index contributed by atoms with van der Waals surface area (Å²) in [6.07, 6.45) is 2.10. The van der Waals surface area contributed by atoms with E-state index in [1.165, 1.54) is 0 Å². The summed E-state index contributed by atoms with van der Waals surface area (Å²) in [6.45, 7) is 17.9. The van der Waals surface area contributed by atoms with Crippen molar-refractivity contribution >= 4 is 14.9 Å². The van der Waals surface area contributed by atoms with Gasteiger partial charge in [0.05, 0.1) is 0 Å². The van der Waals surface area contributed by atoms with E-state index in [0.29, 0.717) is 6.42 Å². The molecule has 130 valence electrons. The van der Waals surface area contributed by atoms with Gasteiger partial charge in [0.15, 0.2) is 0 Å². The third kappa shape index (κ3) is 8.20. The standard InChI is InChI=1S/C16H33NO4Si/c1-12(2)19-22(20-13(3)4,21-14(5)6)15(17-11-18)10-16(7,8)9/h12-15H,10H2,1-9H3. The summed E-state index contributed by atoms with van der Waals surface area (Å²) in [7, 11) is -3.17. The van der Waals surface area contributed by atoms with E-state index in [9.17, 15) is 4.79 Å². The van der Waals surface area contributed by atoms with Crippen LogP contribution in [0.5, 0.6) is 0 Å². The van der Waals surface area contributed by atoms with E-state index >= 15 is 0 Å². The Kier molecular flexibility index (Phi) is 8.73. The first kappa shape index (κ1) is 21.5. The van der Waals surface area contributed by atoms with Crippen LogP contribution in [0.2, 0.25) is 0 Å². The maximum atomic E-state index is 11.0. The Morgan fingerprint density at radius 2 is 1.27 bits per heavy atom. The first-order valence-electron chi connectivity index (χ1n) is 8.02. The fourth-order valence-corrected chi connectivity index (χ4v) is 5.88. The van der Waals surface area contributed by atoms with Crippen LogP contribution < -0.4 is 0 Å². The fraction of sp³-hybridized carbons (Fsp3) is 0.938. The summed E-state index contributed by atoms with van der Waals surface area (Å²) in [4.78, 5) is 15.0. The van der Waals surface area contributed by atoms with Gasteiger partial charge in [-0.2, -0.15) is 4.99 Å². The third-order valence-electron chi connectivity index (χ3n) is 2.62. The van der Waals surface area contributed by atoms with Crippen LogP contribution in [0.1, 0.15) is 68.7 Å². The molecule has 0 spiro atoms. The highest BCUT2D eigenvalue weighted by molar-refractivity contribution is 6.62. The Bertz CT molecular complexity index is 344. The van der Waals surface area contributed by atoms with Crippen molar-refractivity contribution in [3.63, 3.8) is 0 Å². The molecule has 22 heavy (non-hydrogen) atoms. The van der Waals surface area contributed by atoms with Crippen LogP contribution in [0.4, 0.5) is 0 Å². The molecule has 0 aromatic carbocycles. The molecule has 0 heterocycles. The van der Waals surface area contributed by atoms with Crippen LogP contribution in [-0.2, 0) is 18.1 Å². The molecular weight excluding hydrogens is 298 g/mol. The zero-order chi connectivity index (χ0) is 17.6. The van der Waals surface area contributed by atoms with Crippen LogP contribution in [0.3, 0.4) is 0 Å². The molecule has 0 fully saturated rings. The van der Waals surface area contributed by atoms with Crippen molar-refractivity contribution in [2.24, 2.45) is 10.4 Å². The minimum atomic E-state index is -3.17. The van der Waals surface area contributed by atoms with E-state index in [4.69, 9.17) is 13.3 Å². The van der Waals surface area contributed by atoms with Gasteiger partial charge in [0.2, 0.25) is 6.08 Å². The number of hydrogen-bond acceptors (Lipinski definition) is 5. The van der Waals surface area contributed by atoms with Gasteiger partial charge in [0, 0.05) is 18.3 Å². The molecule has 0 radical (unpaired) electrons. The molecule has 1 atom stereocenters. The van der Waals surface area contributed by atoms with Crippen LogP contribution in [0.15, 0.2) is 4.99 Å². The number of aliphatic imine (C=N–C) groups is 1. The maximum absolute atomic E-state index is 11.0. The number of carbonyl (C=O) groups excluding carboxylic acids is 1. The van der Waals surface area contributed by atoms with Gasteiger partial charge in [-0.05, 0) is 53.4 Å². The Morgan fingerprint density at radius 1 is 0.909 bits per heavy atom. The van der Waals surface area contributed by atoms with Gasteiger partial charge in [-0.1, -0.05) is 20.8 Å². The molecule has 0 aliphatic rings. The summed E-state index contributed by atoms with van der Waals surface area (Å²) in [5.74, 6) is 0. The highest BCUT2D eigenvalue weighted by atomic mass is 28.4. The molecule has 0 aromatic rings. The van der Waals surface area contributed by atoms with Gasteiger partial charge >= 0.3 is 8.80 Å². The molecule has 0 N–H and O–H groups in total. The number of nitrogens with zero attached hydrogens (tertiary/aromatic N) is 1. The van der Waals surface area contributed by atoms with Crippen molar-refractivity contribution < 1.29 is 18.1 Å². The first-order chi connectivity index (χ1) is 9.92. The lowest BCUT2D eigenvalue weighted by molar-refractivity contribution is -0.00672. The van der Waals surface area contributed by atoms with E-state index in [1.54, 1.807) is 6.08 Å². The van der Waals surface area contributed by atoms with Crippen molar-refractivity contribution in [1.29, 1.82) is 0 Å². The molecule has 0 saturated heterocycles. The smallest absolute Gasteiger partial charge is 0.370 e. The largest absolute Gasteiger partial charge is 0.528 e. The van der Waals surface area contributed by atoms with Crippen LogP contribution >= 0.6 is 0 Å². The maximum Gasteiger partial charge on any atom is 0.528 e. The lowest BCUT2D eigenvalue weighted by Crippen LogP contribution is -2.60. The summed E-state index contributed by atoms with van der Waals surface area (Å²) >= 11 is 0. The van der Waals surface area contributed by atoms with Gasteiger partial charge in [-0.25, -0.2) is 4.79 Å². The van der Waals surface area contributed by atoms with Gasteiger partial charge in [0.1, 0.15) is 5.67 Å². The Morgan fingerprint density at radius 3 is 1.50 bits per heavy atom. The first-order valence-corrected chi connectivity index (χ1v) is 9.82. The molecule has 0 rings (SSSR count). The number of hydrogen-bond donors (Lipinski definition) is 0. The average molecular weight is 332 g/mol. The topological polar surface area (TPSA) is 57.1 Å². The van der Waals surface area contributed by atoms with Crippen LogP contribution in [0.25, 0.3) is 0 Å². The van der Waals surface area contributed by atoms with Crippen molar-refractivity contribution in [1.82, 2.24) is 0 Å². The third-order valence-corrected chi connectivity index (χ3v) is 6.17. The van der Waals surface area contributed by atoms with E-state index < -0.39 is 14.5 Å². The molecule has 0 bridgehead atoms. The minimum absolute atomic E-state index is 0.0374. The number of isocyanates is 1. The van der Waals surface area contributed by atoms with Crippen molar-refractivity contribution in [2.45, 2.75) is 92.7 Å². The molecule has 0 aromatic heterocycles.